The van der Waals surface area contributed by atoms with Crippen molar-refractivity contribution in [3.8, 4) is 11.4 Å². The SMILES string of the molecule is CN(Cc1nc(-c2cccc(Br)c2)no1)C(=O)CSc1ccccc1. The molecule has 0 spiro atoms. The van der Waals surface area contributed by atoms with E-state index in [4.69, 9.17) is 4.52 Å². The molecule has 0 fully saturated rings. The van der Waals surface area contributed by atoms with E-state index in [-0.39, 0.29) is 12.5 Å². The third-order valence-electron chi connectivity index (χ3n) is 3.45. The van der Waals surface area contributed by atoms with E-state index in [9.17, 15) is 4.79 Å². The van der Waals surface area contributed by atoms with Gasteiger partial charge in [0.1, 0.15) is 0 Å². The molecule has 0 aliphatic heterocycles. The molecule has 0 aliphatic carbocycles. The van der Waals surface area contributed by atoms with Gasteiger partial charge < -0.3 is 9.42 Å². The van der Waals surface area contributed by atoms with E-state index in [0.29, 0.717) is 17.5 Å². The van der Waals surface area contributed by atoms with Crippen LogP contribution in [0.2, 0.25) is 0 Å². The molecule has 0 saturated carbocycles. The van der Waals surface area contributed by atoms with Crippen LogP contribution in [0.5, 0.6) is 0 Å². The van der Waals surface area contributed by atoms with Gasteiger partial charge in [-0.25, -0.2) is 0 Å². The van der Waals surface area contributed by atoms with Crippen LogP contribution in [-0.2, 0) is 11.3 Å². The molecule has 0 atom stereocenters. The van der Waals surface area contributed by atoms with Crippen molar-refractivity contribution < 1.29 is 9.32 Å². The number of hydrogen-bond donors (Lipinski definition) is 0. The highest BCUT2D eigenvalue weighted by Crippen LogP contribution is 2.21. The van der Waals surface area contributed by atoms with Gasteiger partial charge >= 0.3 is 0 Å². The molecule has 1 amide bonds. The van der Waals surface area contributed by atoms with Gasteiger partial charge in [-0.3, -0.25) is 4.79 Å². The van der Waals surface area contributed by atoms with Crippen LogP contribution in [0.4, 0.5) is 0 Å². The zero-order valence-corrected chi connectivity index (χ0v) is 16.0. The van der Waals surface area contributed by atoms with Crippen LogP contribution in [0, 0.1) is 0 Å². The number of aromatic nitrogens is 2. The van der Waals surface area contributed by atoms with Gasteiger partial charge in [0.05, 0.1) is 12.3 Å². The molecular weight excluding hydrogens is 402 g/mol. The second kappa shape index (κ2) is 8.31. The molecular formula is C18H16BrN3O2S. The summed E-state index contributed by atoms with van der Waals surface area (Å²) < 4.78 is 6.21. The van der Waals surface area contributed by atoms with Crippen LogP contribution >= 0.6 is 27.7 Å². The molecule has 1 aromatic heterocycles. The Morgan fingerprint density at radius 3 is 2.76 bits per heavy atom. The monoisotopic (exact) mass is 417 g/mol. The van der Waals surface area contributed by atoms with Gasteiger partial charge in [-0.05, 0) is 24.3 Å². The smallest absolute Gasteiger partial charge is 0.246 e. The highest BCUT2D eigenvalue weighted by atomic mass is 79.9. The number of carbonyl (C=O) groups excluding carboxylic acids is 1. The van der Waals surface area contributed by atoms with Crippen molar-refractivity contribution in [3.05, 3.63) is 65.0 Å². The first-order chi connectivity index (χ1) is 12.1. The lowest BCUT2D eigenvalue weighted by molar-refractivity contribution is -0.127. The molecule has 0 aliphatic rings. The predicted molar refractivity (Wildman–Crippen MR) is 101 cm³/mol. The Bertz CT molecular complexity index is 854. The summed E-state index contributed by atoms with van der Waals surface area (Å²) in [4.78, 5) is 19.3. The Labute approximate surface area is 158 Å². The topological polar surface area (TPSA) is 59.2 Å². The number of thioether (sulfide) groups is 1. The minimum Gasteiger partial charge on any atom is -0.337 e. The largest absolute Gasteiger partial charge is 0.337 e. The maximum atomic E-state index is 12.3. The fraction of sp³-hybridized carbons (Fsp3) is 0.167. The van der Waals surface area contributed by atoms with Crippen LogP contribution in [-0.4, -0.2) is 33.7 Å². The number of benzene rings is 2. The van der Waals surface area contributed by atoms with E-state index < -0.39 is 0 Å². The number of hydrogen-bond acceptors (Lipinski definition) is 5. The number of carbonyl (C=O) groups is 1. The number of amides is 1. The van der Waals surface area contributed by atoms with Crippen LogP contribution in [0.3, 0.4) is 0 Å². The third-order valence-corrected chi connectivity index (χ3v) is 4.94. The third kappa shape index (κ3) is 4.93. The van der Waals surface area contributed by atoms with Crippen LogP contribution in [0.1, 0.15) is 5.89 Å². The number of halogens is 1. The molecule has 5 nitrogen and oxygen atoms in total. The van der Waals surface area contributed by atoms with Gasteiger partial charge in [0.2, 0.25) is 17.6 Å². The van der Waals surface area contributed by atoms with Crippen LogP contribution in [0.25, 0.3) is 11.4 Å². The molecule has 0 N–H and O–H groups in total. The van der Waals surface area contributed by atoms with Crippen molar-refractivity contribution in [3.63, 3.8) is 0 Å². The summed E-state index contributed by atoms with van der Waals surface area (Å²) in [6, 6.07) is 17.5. The highest BCUT2D eigenvalue weighted by Gasteiger charge is 2.15. The minimum atomic E-state index is 0.0102. The van der Waals surface area contributed by atoms with E-state index >= 15 is 0 Å². The predicted octanol–water partition coefficient (Wildman–Crippen LogP) is 4.25. The lowest BCUT2D eigenvalue weighted by atomic mass is 10.2. The lowest BCUT2D eigenvalue weighted by Gasteiger charge is -2.14. The molecule has 0 radical (unpaired) electrons. The molecule has 128 valence electrons. The van der Waals surface area contributed by atoms with Crippen molar-refractivity contribution in [1.82, 2.24) is 15.0 Å². The van der Waals surface area contributed by atoms with Gasteiger partial charge in [-0.2, -0.15) is 4.98 Å². The summed E-state index contributed by atoms with van der Waals surface area (Å²) in [5.74, 6) is 1.30. The van der Waals surface area contributed by atoms with Crippen LogP contribution in [0.15, 0.2) is 68.5 Å². The summed E-state index contributed by atoms with van der Waals surface area (Å²) in [6.07, 6.45) is 0. The van der Waals surface area contributed by atoms with Gasteiger partial charge in [-0.15, -0.1) is 11.8 Å². The second-order valence-corrected chi connectivity index (χ2v) is 7.34. The van der Waals surface area contributed by atoms with Crippen molar-refractivity contribution in [1.29, 1.82) is 0 Å². The Balaban J connectivity index is 1.57. The van der Waals surface area contributed by atoms with Crippen LogP contribution < -0.4 is 0 Å². The van der Waals surface area contributed by atoms with Crippen molar-refractivity contribution in [2.45, 2.75) is 11.4 Å². The van der Waals surface area contributed by atoms with Gasteiger partial charge in [-0.1, -0.05) is 51.4 Å². The van der Waals surface area contributed by atoms with Gasteiger partial charge in [0, 0.05) is 22.0 Å². The van der Waals surface area contributed by atoms with Crippen molar-refractivity contribution in [2.24, 2.45) is 0 Å². The number of nitrogens with zero attached hydrogens (tertiary/aromatic N) is 3. The molecule has 3 rings (SSSR count). The Morgan fingerprint density at radius 2 is 2.00 bits per heavy atom. The zero-order valence-electron chi connectivity index (χ0n) is 13.6. The first kappa shape index (κ1) is 17.7. The van der Waals surface area contributed by atoms with E-state index in [1.165, 1.54) is 11.8 Å². The highest BCUT2D eigenvalue weighted by molar-refractivity contribution is 9.10. The maximum Gasteiger partial charge on any atom is 0.246 e. The average Bonchev–Trinajstić information content (AvgIpc) is 3.09. The fourth-order valence-electron chi connectivity index (χ4n) is 2.13. The molecule has 25 heavy (non-hydrogen) atoms. The van der Waals surface area contributed by atoms with Crippen molar-refractivity contribution in [2.75, 3.05) is 12.8 Å². The Kier molecular flexibility index (Phi) is 5.88. The molecule has 2 aromatic carbocycles. The summed E-state index contributed by atoms with van der Waals surface area (Å²) in [5, 5.41) is 3.98. The first-order valence-electron chi connectivity index (χ1n) is 7.62. The molecule has 3 aromatic rings. The average molecular weight is 418 g/mol. The molecule has 0 unspecified atom stereocenters. The Hall–Kier alpha value is -2.12. The lowest BCUT2D eigenvalue weighted by Crippen LogP contribution is -2.27. The van der Waals surface area contributed by atoms with Gasteiger partial charge in [0.15, 0.2) is 0 Å². The molecule has 1 heterocycles. The van der Waals surface area contributed by atoms with E-state index in [1.807, 2.05) is 54.6 Å². The summed E-state index contributed by atoms with van der Waals surface area (Å²) in [7, 11) is 1.73. The second-order valence-electron chi connectivity index (χ2n) is 5.37. The zero-order chi connectivity index (χ0) is 17.6. The fourth-order valence-corrected chi connectivity index (χ4v) is 3.39. The van der Waals surface area contributed by atoms with Crippen molar-refractivity contribution >= 4 is 33.6 Å². The summed E-state index contributed by atoms with van der Waals surface area (Å²) >= 11 is 4.93. The normalized spacial score (nSPS) is 10.6. The number of rotatable bonds is 6. The summed E-state index contributed by atoms with van der Waals surface area (Å²) in [5.41, 5.74) is 0.859. The maximum absolute atomic E-state index is 12.3. The van der Waals surface area contributed by atoms with E-state index in [0.717, 1.165) is 14.9 Å². The first-order valence-corrected chi connectivity index (χ1v) is 9.40. The van der Waals surface area contributed by atoms with E-state index in [2.05, 4.69) is 26.1 Å². The molecule has 7 heteroatoms. The Morgan fingerprint density at radius 1 is 1.20 bits per heavy atom. The minimum absolute atomic E-state index is 0.0102. The molecule has 0 bridgehead atoms. The standard InChI is InChI=1S/C18H16BrN3O2S/c1-22(17(23)12-25-15-8-3-2-4-9-15)11-16-20-18(21-24-16)13-6-5-7-14(19)10-13/h2-10H,11-12H2,1H3. The summed E-state index contributed by atoms with van der Waals surface area (Å²) in [6.45, 7) is 0.287. The van der Waals surface area contributed by atoms with Gasteiger partial charge in [0.25, 0.3) is 0 Å². The quantitative estimate of drug-likeness (QED) is 0.561. The van der Waals surface area contributed by atoms with E-state index in [1.54, 1.807) is 11.9 Å². The molecule has 0 saturated heterocycles.